The molecule has 2 bridgehead atoms. The molecule has 4 saturated carbocycles. The highest BCUT2D eigenvalue weighted by atomic mass is 14.6. The molecular formula is C19H34. The molecule has 0 aromatic carbocycles. The van der Waals surface area contributed by atoms with Crippen molar-refractivity contribution in [3.8, 4) is 0 Å². The number of hydrogen-bond acceptors (Lipinski definition) is 0. The molecule has 0 unspecified atom stereocenters. The van der Waals surface area contributed by atoms with Crippen molar-refractivity contribution in [2.75, 3.05) is 0 Å². The Bertz CT molecular complexity index is 271. The molecule has 19 heavy (non-hydrogen) atoms. The fraction of sp³-hybridized carbons (Fsp3) is 1.00. The first-order valence-electron chi connectivity index (χ1n) is 9.22. The first kappa shape index (κ1) is 14.0. The molecule has 0 spiro atoms. The normalized spacial score (nSPS) is 46.4. The molecule has 0 aromatic heterocycles. The molecule has 4 aliphatic carbocycles. The van der Waals surface area contributed by atoms with Crippen LogP contribution in [0.1, 0.15) is 97.3 Å². The SMILES string of the molecule is CCCC12CCC(C3CCC(CC)CC3)(CC1)CC2. The van der Waals surface area contributed by atoms with Crippen LogP contribution in [0.4, 0.5) is 0 Å². The Hall–Kier alpha value is 0. The summed E-state index contributed by atoms with van der Waals surface area (Å²) in [5, 5.41) is 0. The van der Waals surface area contributed by atoms with E-state index in [2.05, 4.69) is 13.8 Å². The second kappa shape index (κ2) is 5.41. The minimum atomic E-state index is 0.803. The molecule has 4 aliphatic rings. The van der Waals surface area contributed by atoms with Gasteiger partial charge in [0, 0.05) is 0 Å². The molecule has 4 fully saturated rings. The predicted octanol–water partition coefficient (Wildman–Crippen LogP) is 6.34. The second-order valence-electron chi connectivity index (χ2n) is 8.24. The summed E-state index contributed by atoms with van der Waals surface area (Å²) in [5.74, 6) is 2.18. The fourth-order valence-electron chi connectivity index (χ4n) is 5.99. The maximum atomic E-state index is 2.39. The largest absolute Gasteiger partial charge is 0.0654 e. The first-order chi connectivity index (χ1) is 9.22. The van der Waals surface area contributed by atoms with Gasteiger partial charge in [0.15, 0.2) is 0 Å². The van der Waals surface area contributed by atoms with Gasteiger partial charge in [-0.3, -0.25) is 0 Å². The lowest BCUT2D eigenvalue weighted by Gasteiger charge is -2.58. The van der Waals surface area contributed by atoms with Crippen molar-refractivity contribution in [2.24, 2.45) is 22.7 Å². The summed E-state index contributed by atoms with van der Waals surface area (Å²) in [6.45, 7) is 4.78. The van der Waals surface area contributed by atoms with Gasteiger partial charge in [0.25, 0.3) is 0 Å². The van der Waals surface area contributed by atoms with Crippen molar-refractivity contribution in [1.82, 2.24) is 0 Å². The summed E-state index contributed by atoms with van der Waals surface area (Å²) in [4.78, 5) is 0. The van der Waals surface area contributed by atoms with Crippen LogP contribution in [0, 0.1) is 22.7 Å². The van der Waals surface area contributed by atoms with Gasteiger partial charge < -0.3 is 0 Å². The standard InChI is InChI=1S/C19H34/c1-3-9-18-10-13-19(14-11-18,15-12-18)17-7-5-16(4-2)6-8-17/h16-17H,3-15H2,1-2H3. The zero-order valence-corrected chi connectivity index (χ0v) is 13.3. The summed E-state index contributed by atoms with van der Waals surface area (Å²) >= 11 is 0. The maximum absolute atomic E-state index is 2.39. The Balaban J connectivity index is 1.61. The molecule has 0 saturated heterocycles. The van der Waals surface area contributed by atoms with Gasteiger partial charge in [0.05, 0.1) is 0 Å². The van der Waals surface area contributed by atoms with E-state index in [0.29, 0.717) is 0 Å². The Morgan fingerprint density at radius 3 is 1.84 bits per heavy atom. The quantitative estimate of drug-likeness (QED) is 0.554. The predicted molar refractivity (Wildman–Crippen MR) is 83.2 cm³/mol. The van der Waals surface area contributed by atoms with Crippen molar-refractivity contribution < 1.29 is 0 Å². The lowest BCUT2D eigenvalue weighted by Crippen LogP contribution is -2.46. The summed E-state index contributed by atoms with van der Waals surface area (Å²) in [7, 11) is 0. The highest BCUT2D eigenvalue weighted by molar-refractivity contribution is 5.02. The molecule has 0 atom stereocenters. The van der Waals surface area contributed by atoms with Gasteiger partial charge in [0.1, 0.15) is 0 Å². The minimum Gasteiger partial charge on any atom is -0.0654 e. The highest BCUT2D eigenvalue weighted by Gasteiger charge is 2.51. The van der Waals surface area contributed by atoms with E-state index in [1.54, 1.807) is 64.2 Å². The van der Waals surface area contributed by atoms with Crippen molar-refractivity contribution >= 4 is 0 Å². The molecule has 110 valence electrons. The molecule has 0 aromatic rings. The van der Waals surface area contributed by atoms with Gasteiger partial charge in [-0.2, -0.15) is 0 Å². The molecule has 0 heteroatoms. The molecule has 0 nitrogen and oxygen atoms in total. The molecule has 0 N–H and O–H groups in total. The van der Waals surface area contributed by atoms with Gasteiger partial charge in [-0.1, -0.05) is 39.5 Å². The van der Waals surface area contributed by atoms with Crippen LogP contribution in [-0.2, 0) is 0 Å². The van der Waals surface area contributed by atoms with Crippen LogP contribution in [0.15, 0.2) is 0 Å². The average molecular weight is 262 g/mol. The monoisotopic (exact) mass is 262 g/mol. The van der Waals surface area contributed by atoms with Crippen LogP contribution >= 0.6 is 0 Å². The van der Waals surface area contributed by atoms with E-state index >= 15 is 0 Å². The van der Waals surface area contributed by atoms with E-state index in [-0.39, 0.29) is 0 Å². The van der Waals surface area contributed by atoms with Crippen molar-refractivity contribution in [3.05, 3.63) is 0 Å². The summed E-state index contributed by atoms with van der Waals surface area (Å²) in [6.07, 6.45) is 20.1. The van der Waals surface area contributed by atoms with Gasteiger partial charge >= 0.3 is 0 Å². The van der Waals surface area contributed by atoms with E-state index in [1.165, 1.54) is 19.3 Å². The summed E-state index contributed by atoms with van der Waals surface area (Å²) in [6, 6.07) is 0. The molecule has 0 heterocycles. The second-order valence-corrected chi connectivity index (χ2v) is 8.24. The van der Waals surface area contributed by atoms with E-state index in [1.807, 2.05) is 0 Å². The maximum Gasteiger partial charge on any atom is -0.0269 e. The Kier molecular flexibility index (Phi) is 3.98. The van der Waals surface area contributed by atoms with Crippen LogP contribution in [0.2, 0.25) is 0 Å². The topological polar surface area (TPSA) is 0 Å². The lowest BCUT2D eigenvalue weighted by atomic mass is 9.48. The fourth-order valence-corrected chi connectivity index (χ4v) is 5.99. The average Bonchev–Trinajstić information content (AvgIpc) is 2.49. The third kappa shape index (κ3) is 2.49. The number of hydrogen-bond donors (Lipinski definition) is 0. The highest BCUT2D eigenvalue weighted by Crippen LogP contribution is 2.63. The lowest BCUT2D eigenvalue weighted by molar-refractivity contribution is -0.0647. The van der Waals surface area contributed by atoms with Crippen molar-refractivity contribution in [2.45, 2.75) is 97.3 Å². The Morgan fingerprint density at radius 1 is 0.789 bits per heavy atom. The first-order valence-corrected chi connectivity index (χ1v) is 9.22. The van der Waals surface area contributed by atoms with Crippen LogP contribution in [0.5, 0.6) is 0 Å². The van der Waals surface area contributed by atoms with Crippen molar-refractivity contribution in [1.29, 1.82) is 0 Å². The Labute approximate surface area is 120 Å². The molecule has 0 aliphatic heterocycles. The van der Waals surface area contributed by atoms with Crippen LogP contribution in [-0.4, -0.2) is 0 Å². The zero-order chi connectivity index (χ0) is 13.3. The third-order valence-electron chi connectivity index (χ3n) is 7.53. The molecule has 0 amide bonds. The Morgan fingerprint density at radius 2 is 1.37 bits per heavy atom. The summed E-state index contributed by atoms with van der Waals surface area (Å²) < 4.78 is 0. The van der Waals surface area contributed by atoms with E-state index in [4.69, 9.17) is 0 Å². The van der Waals surface area contributed by atoms with Crippen LogP contribution in [0.3, 0.4) is 0 Å². The summed E-state index contributed by atoms with van der Waals surface area (Å²) in [5.41, 5.74) is 1.62. The van der Waals surface area contributed by atoms with Crippen LogP contribution in [0.25, 0.3) is 0 Å². The molecule has 0 radical (unpaired) electrons. The third-order valence-corrected chi connectivity index (χ3v) is 7.53. The number of rotatable bonds is 4. The minimum absolute atomic E-state index is 0.803. The van der Waals surface area contributed by atoms with E-state index in [0.717, 1.165) is 22.7 Å². The zero-order valence-electron chi connectivity index (χ0n) is 13.3. The van der Waals surface area contributed by atoms with E-state index < -0.39 is 0 Å². The van der Waals surface area contributed by atoms with E-state index in [9.17, 15) is 0 Å². The van der Waals surface area contributed by atoms with Crippen LogP contribution < -0.4 is 0 Å². The van der Waals surface area contributed by atoms with Gasteiger partial charge in [0.2, 0.25) is 0 Å². The van der Waals surface area contributed by atoms with Crippen molar-refractivity contribution in [3.63, 3.8) is 0 Å². The smallest absolute Gasteiger partial charge is 0.0269 e. The van der Waals surface area contributed by atoms with Gasteiger partial charge in [-0.25, -0.2) is 0 Å². The van der Waals surface area contributed by atoms with Gasteiger partial charge in [-0.05, 0) is 80.5 Å². The molecule has 4 rings (SSSR count). The van der Waals surface area contributed by atoms with Gasteiger partial charge in [-0.15, -0.1) is 0 Å². The molecular weight excluding hydrogens is 228 g/mol. The number of fused-ring (bicyclic) bond motifs is 3.